The Morgan fingerprint density at radius 2 is 2.15 bits per heavy atom. The molecule has 20 heavy (non-hydrogen) atoms. The molecule has 0 radical (unpaired) electrons. The fraction of sp³-hybridized carbons (Fsp3) is 0.467. The van der Waals surface area contributed by atoms with Gasteiger partial charge >= 0.3 is 5.97 Å². The van der Waals surface area contributed by atoms with Crippen molar-refractivity contribution < 1.29 is 14.7 Å². The number of benzene rings is 1. The van der Waals surface area contributed by atoms with Crippen LogP contribution < -0.4 is 5.32 Å². The van der Waals surface area contributed by atoms with Crippen molar-refractivity contribution in [3.05, 3.63) is 29.8 Å². The molecule has 0 unspecified atom stereocenters. The maximum absolute atomic E-state index is 11.8. The maximum atomic E-state index is 11.8. The molecule has 0 bridgehead atoms. The minimum atomic E-state index is -0.806. The molecular weight excluding hydrogens is 274 g/mol. The molecule has 5 heteroatoms. The van der Waals surface area contributed by atoms with E-state index in [2.05, 4.69) is 5.32 Å². The lowest BCUT2D eigenvalue weighted by Crippen LogP contribution is -2.11. The Kier molecular flexibility index (Phi) is 5.47. The molecular formula is C15H19NO3S. The van der Waals surface area contributed by atoms with E-state index in [1.807, 2.05) is 24.3 Å². The third-order valence-corrected chi connectivity index (χ3v) is 4.17. The number of carboxylic acids is 1. The monoisotopic (exact) mass is 293 g/mol. The molecule has 1 aromatic rings. The molecule has 1 fully saturated rings. The van der Waals surface area contributed by atoms with Crippen LogP contribution in [0.4, 0.5) is 5.69 Å². The van der Waals surface area contributed by atoms with Crippen molar-refractivity contribution in [1.82, 2.24) is 0 Å². The first-order chi connectivity index (χ1) is 9.63. The van der Waals surface area contributed by atoms with E-state index in [0.717, 1.165) is 23.6 Å². The number of carbonyl (C=O) groups excluding carboxylic acids is 1. The largest absolute Gasteiger partial charge is 0.481 e. The van der Waals surface area contributed by atoms with Crippen LogP contribution in [0, 0.1) is 5.92 Å². The predicted octanol–water partition coefficient (Wildman–Crippen LogP) is 3.13. The molecule has 0 saturated heterocycles. The first-order valence-corrected chi connectivity index (χ1v) is 7.97. The van der Waals surface area contributed by atoms with E-state index < -0.39 is 5.97 Å². The zero-order valence-electron chi connectivity index (χ0n) is 11.3. The summed E-state index contributed by atoms with van der Waals surface area (Å²) in [5.74, 6) is 0.752. The molecule has 1 saturated carbocycles. The van der Waals surface area contributed by atoms with E-state index in [-0.39, 0.29) is 11.7 Å². The summed E-state index contributed by atoms with van der Waals surface area (Å²) in [5.41, 5.74) is 1.82. The highest BCUT2D eigenvalue weighted by Crippen LogP contribution is 2.33. The number of thioether (sulfide) groups is 1. The number of aliphatic carboxylic acids is 1. The maximum Gasteiger partial charge on any atom is 0.313 e. The zero-order valence-corrected chi connectivity index (χ0v) is 12.1. The molecule has 0 aliphatic heterocycles. The smallest absolute Gasteiger partial charge is 0.313 e. The first kappa shape index (κ1) is 14.9. The highest BCUT2D eigenvalue weighted by atomic mass is 32.2. The van der Waals surface area contributed by atoms with Crippen molar-refractivity contribution in [2.45, 2.75) is 31.4 Å². The number of hydrogen-bond donors (Lipinski definition) is 2. The summed E-state index contributed by atoms with van der Waals surface area (Å²) >= 11 is 1.35. The Bertz CT molecular complexity index is 486. The molecule has 1 amide bonds. The molecule has 1 aromatic carbocycles. The van der Waals surface area contributed by atoms with Crippen molar-refractivity contribution in [2.24, 2.45) is 5.92 Å². The number of amides is 1. The van der Waals surface area contributed by atoms with E-state index in [0.29, 0.717) is 12.2 Å². The fourth-order valence-electron chi connectivity index (χ4n) is 1.96. The van der Waals surface area contributed by atoms with Gasteiger partial charge in [0, 0.05) is 17.9 Å². The Hall–Kier alpha value is -1.49. The van der Waals surface area contributed by atoms with Crippen LogP contribution >= 0.6 is 11.8 Å². The summed E-state index contributed by atoms with van der Waals surface area (Å²) < 4.78 is 0. The SMILES string of the molecule is O=C(O)CSCc1cccc(NC(=O)CCC2CC2)c1. The van der Waals surface area contributed by atoms with E-state index in [9.17, 15) is 9.59 Å². The van der Waals surface area contributed by atoms with Crippen molar-refractivity contribution in [3.63, 3.8) is 0 Å². The van der Waals surface area contributed by atoms with Crippen molar-refractivity contribution in [3.8, 4) is 0 Å². The van der Waals surface area contributed by atoms with E-state index in [4.69, 9.17) is 5.11 Å². The quantitative estimate of drug-likeness (QED) is 0.773. The second-order valence-corrected chi connectivity index (χ2v) is 6.10. The predicted molar refractivity (Wildman–Crippen MR) is 80.8 cm³/mol. The number of carbonyl (C=O) groups is 2. The van der Waals surface area contributed by atoms with Crippen LogP contribution in [0.5, 0.6) is 0 Å². The zero-order chi connectivity index (χ0) is 14.4. The Labute approximate surface area is 123 Å². The van der Waals surface area contributed by atoms with Gasteiger partial charge in [-0.2, -0.15) is 0 Å². The van der Waals surface area contributed by atoms with Gasteiger partial charge in [0.25, 0.3) is 0 Å². The molecule has 0 aromatic heterocycles. The minimum Gasteiger partial charge on any atom is -0.481 e. The van der Waals surface area contributed by atoms with Crippen LogP contribution in [0.1, 0.15) is 31.2 Å². The van der Waals surface area contributed by atoms with Crippen molar-refractivity contribution >= 4 is 29.3 Å². The van der Waals surface area contributed by atoms with Gasteiger partial charge in [-0.15, -0.1) is 11.8 Å². The van der Waals surface area contributed by atoms with Crippen LogP contribution in [-0.4, -0.2) is 22.7 Å². The van der Waals surface area contributed by atoms with Gasteiger partial charge < -0.3 is 10.4 Å². The van der Waals surface area contributed by atoms with Gasteiger partial charge in [0.1, 0.15) is 0 Å². The number of nitrogens with one attached hydrogen (secondary N) is 1. The van der Waals surface area contributed by atoms with Gasteiger partial charge in [-0.05, 0) is 30.0 Å². The lowest BCUT2D eigenvalue weighted by atomic mass is 10.2. The molecule has 0 spiro atoms. The highest BCUT2D eigenvalue weighted by molar-refractivity contribution is 7.99. The van der Waals surface area contributed by atoms with Gasteiger partial charge in [0.2, 0.25) is 5.91 Å². The Morgan fingerprint density at radius 1 is 1.35 bits per heavy atom. The van der Waals surface area contributed by atoms with E-state index in [1.54, 1.807) is 0 Å². The third kappa shape index (κ3) is 5.65. The molecule has 4 nitrogen and oxygen atoms in total. The third-order valence-electron chi connectivity index (χ3n) is 3.18. The van der Waals surface area contributed by atoms with E-state index >= 15 is 0 Å². The van der Waals surface area contributed by atoms with Gasteiger partial charge in [-0.3, -0.25) is 9.59 Å². The van der Waals surface area contributed by atoms with Gasteiger partial charge in [-0.1, -0.05) is 25.0 Å². The van der Waals surface area contributed by atoms with Crippen LogP contribution in [0.3, 0.4) is 0 Å². The molecule has 0 atom stereocenters. The van der Waals surface area contributed by atoms with Crippen molar-refractivity contribution in [1.29, 1.82) is 0 Å². The second-order valence-electron chi connectivity index (χ2n) is 5.12. The van der Waals surface area contributed by atoms with Gasteiger partial charge in [-0.25, -0.2) is 0 Å². The number of carboxylic acid groups (broad SMARTS) is 1. The second kappa shape index (κ2) is 7.33. The molecule has 1 aliphatic rings. The summed E-state index contributed by atoms with van der Waals surface area (Å²) in [6, 6.07) is 7.59. The number of anilines is 1. The normalized spacial score (nSPS) is 14.0. The van der Waals surface area contributed by atoms with Crippen LogP contribution in [0.25, 0.3) is 0 Å². The summed E-state index contributed by atoms with van der Waals surface area (Å²) in [5, 5.41) is 11.5. The summed E-state index contributed by atoms with van der Waals surface area (Å²) in [6.45, 7) is 0. The van der Waals surface area contributed by atoms with Crippen LogP contribution in [0.2, 0.25) is 0 Å². The van der Waals surface area contributed by atoms with Crippen molar-refractivity contribution in [2.75, 3.05) is 11.1 Å². The standard InChI is InChI=1S/C15H19NO3S/c17-14(7-6-11-4-5-11)16-13-3-1-2-12(8-13)9-20-10-15(18)19/h1-3,8,11H,4-7,9-10H2,(H,16,17)(H,18,19). The number of rotatable bonds is 8. The molecule has 2 N–H and O–H groups in total. The van der Waals surface area contributed by atoms with Gasteiger partial charge in [0.05, 0.1) is 5.75 Å². The number of hydrogen-bond acceptors (Lipinski definition) is 3. The Morgan fingerprint density at radius 3 is 2.85 bits per heavy atom. The molecule has 0 heterocycles. The molecule has 1 aliphatic carbocycles. The van der Waals surface area contributed by atoms with E-state index in [1.165, 1.54) is 24.6 Å². The average Bonchev–Trinajstić information content (AvgIpc) is 3.20. The summed E-state index contributed by atoms with van der Waals surface area (Å²) in [4.78, 5) is 22.2. The Balaban J connectivity index is 1.78. The highest BCUT2D eigenvalue weighted by Gasteiger charge is 2.21. The lowest BCUT2D eigenvalue weighted by Gasteiger charge is -2.07. The molecule has 108 valence electrons. The summed E-state index contributed by atoms with van der Waals surface area (Å²) in [6.07, 6.45) is 4.11. The summed E-state index contributed by atoms with van der Waals surface area (Å²) in [7, 11) is 0. The lowest BCUT2D eigenvalue weighted by molar-refractivity contribution is -0.133. The molecule has 2 rings (SSSR count). The van der Waals surface area contributed by atoms with Crippen LogP contribution in [-0.2, 0) is 15.3 Å². The minimum absolute atomic E-state index is 0.0623. The van der Waals surface area contributed by atoms with Gasteiger partial charge in [0.15, 0.2) is 0 Å². The fourth-order valence-corrected chi connectivity index (χ4v) is 2.65. The topological polar surface area (TPSA) is 66.4 Å². The first-order valence-electron chi connectivity index (χ1n) is 6.82. The van der Waals surface area contributed by atoms with Crippen LogP contribution in [0.15, 0.2) is 24.3 Å². The average molecular weight is 293 g/mol.